The molecule has 5 nitrogen and oxygen atoms in total. The van der Waals surface area contributed by atoms with Gasteiger partial charge in [-0.2, -0.15) is 0 Å². The first-order valence-electron chi connectivity index (χ1n) is 5.13. The molecule has 0 saturated heterocycles. The Morgan fingerprint density at radius 3 is 2.94 bits per heavy atom. The number of nitrogens with zero attached hydrogens (tertiary/aromatic N) is 3. The van der Waals surface area contributed by atoms with Gasteiger partial charge in [0.25, 0.3) is 0 Å². The molecule has 0 unspecified atom stereocenters. The molecule has 90 valence electrons. The number of aromatic nitrogens is 3. The van der Waals surface area contributed by atoms with Crippen LogP contribution in [-0.4, -0.2) is 25.2 Å². The van der Waals surface area contributed by atoms with Crippen LogP contribution in [-0.2, 0) is 20.0 Å². The highest BCUT2D eigenvalue weighted by Crippen LogP contribution is 2.15. The summed E-state index contributed by atoms with van der Waals surface area (Å²) in [5.41, 5.74) is 0.283. The molecule has 0 amide bonds. The normalized spacial score (nSPS) is 10.7. The van der Waals surface area contributed by atoms with Gasteiger partial charge in [0.05, 0.1) is 0 Å². The average molecular weight is 298 g/mol. The highest BCUT2D eigenvalue weighted by Gasteiger charge is 2.11. The third-order valence-electron chi connectivity index (χ3n) is 2.58. The molecule has 2 rings (SSSR count). The number of aryl methyl sites for hydroxylation is 3. The number of imidazole rings is 1. The van der Waals surface area contributed by atoms with E-state index in [0.717, 1.165) is 10.3 Å². The first kappa shape index (κ1) is 11.9. The van der Waals surface area contributed by atoms with E-state index in [1.54, 1.807) is 23.0 Å². The quantitative estimate of drug-likeness (QED) is 0.938. The fourth-order valence-corrected chi connectivity index (χ4v) is 2.16. The Kier molecular flexibility index (Phi) is 3.33. The lowest BCUT2D eigenvalue weighted by Gasteiger charge is -2.06. The SMILES string of the molecule is Cn1ccnc1CCn1cc(Br)cc1C(=O)O. The number of carbonyl (C=O) groups is 1. The molecule has 2 heterocycles. The lowest BCUT2D eigenvalue weighted by molar-refractivity contribution is 0.0685. The predicted molar refractivity (Wildman–Crippen MR) is 66.0 cm³/mol. The monoisotopic (exact) mass is 297 g/mol. The highest BCUT2D eigenvalue weighted by molar-refractivity contribution is 9.10. The van der Waals surface area contributed by atoms with Crippen molar-refractivity contribution in [3.05, 3.63) is 40.6 Å². The third kappa shape index (κ3) is 2.58. The molecule has 0 radical (unpaired) electrons. The largest absolute Gasteiger partial charge is 0.477 e. The van der Waals surface area contributed by atoms with Gasteiger partial charge in [0.1, 0.15) is 11.5 Å². The van der Waals surface area contributed by atoms with Crippen LogP contribution < -0.4 is 0 Å². The molecule has 0 atom stereocenters. The van der Waals surface area contributed by atoms with Gasteiger partial charge < -0.3 is 14.2 Å². The fourth-order valence-electron chi connectivity index (χ4n) is 1.70. The zero-order valence-electron chi connectivity index (χ0n) is 9.30. The van der Waals surface area contributed by atoms with Gasteiger partial charge in [-0.3, -0.25) is 0 Å². The first-order valence-corrected chi connectivity index (χ1v) is 5.92. The number of hydrogen-bond acceptors (Lipinski definition) is 2. The van der Waals surface area contributed by atoms with Crippen molar-refractivity contribution in [1.29, 1.82) is 0 Å². The summed E-state index contributed by atoms with van der Waals surface area (Å²) in [4.78, 5) is 15.2. The maximum absolute atomic E-state index is 11.0. The predicted octanol–water partition coefficient (Wildman–Crippen LogP) is 1.93. The summed E-state index contributed by atoms with van der Waals surface area (Å²) in [6.45, 7) is 0.595. The standard InChI is InChI=1S/C11H12BrN3O2/c1-14-5-3-13-10(14)2-4-15-7-8(12)6-9(15)11(16)17/h3,5-7H,2,4H2,1H3,(H,16,17). The van der Waals surface area contributed by atoms with Crippen LogP contribution in [0.15, 0.2) is 29.1 Å². The summed E-state index contributed by atoms with van der Waals surface area (Å²) in [5.74, 6) is 0.0155. The highest BCUT2D eigenvalue weighted by atomic mass is 79.9. The number of aromatic carboxylic acids is 1. The molecule has 2 aromatic rings. The molecule has 0 saturated carbocycles. The summed E-state index contributed by atoms with van der Waals surface area (Å²) >= 11 is 3.28. The molecule has 6 heteroatoms. The Bertz CT molecular complexity index is 545. The van der Waals surface area contributed by atoms with Crippen molar-refractivity contribution >= 4 is 21.9 Å². The van der Waals surface area contributed by atoms with Gasteiger partial charge >= 0.3 is 5.97 Å². The van der Waals surface area contributed by atoms with Crippen molar-refractivity contribution in [3.8, 4) is 0 Å². The van der Waals surface area contributed by atoms with Crippen molar-refractivity contribution in [2.45, 2.75) is 13.0 Å². The van der Waals surface area contributed by atoms with Crippen molar-refractivity contribution < 1.29 is 9.90 Å². The van der Waals surface area contributed by atoms with Gasteiger partial charge in [-0.25, -0.2) is 9.78 Å². The molecule has 0 aliphatic rings. The third-order valence-corrected chi connectivity index (χ3v) is 3.01. The lowest BCUT2D eigenvalue weighted by Crippen LogP contribution is -2.10. The van der Waals surface area contributed by atoms with Crippen LogP contribution in [0, 0.1) is 0 Å². The van der Waals surface area contributed by atoms with Crippen LogP contribution in [0.2, 0.25) is 0 Å². The zero-order valence-corrected chi connectivity index (χ0v) is 10.9. The van der Waals surface area contributed by atoms with E-state index in [1.165, 1.54) is 0 Å². The Morgan fingerprint density at radius 1 is 1.59 bits per heavy atom. The summed E-state index contributed by atoms with van der Waals surface area (Å²) in [6, 6.07) is 1.60. The van der Waals surface area contributed by atoms with Gasteiger partial charge in [-0.05, 0) is 22.0 Å². The second kappa shape index (κ2) is 4.75. The van der Waals surface area contributed by atoms with E-state index in [2.05, 4.69) is 20.9 Å². The second-order valence-electron chi connectivity index (χ2n) is 3.75. The van der Waals surface area contributed by atoms with Crippen molar-refractivity contribution in [2.24, 2.45) is 7.05 Å². The van der Waals surface area contributed by atoms with Crippen LogP contribution in [0.5, 0.6) is 0 Å². The summed E-state index contributed by atoms with van der Waals surface area (Å²) in [5, 5.41) is 9.03. The number of rotatable bonds is 4. The van der Waals surface area contributed by atoms with E-state index in [4.69, 9.17) is 5.11 Å². The number of hydrogen-bond donors (Lipinski definition) is 1. The van der Waals surface area contributed by atoms with E-state index in [0.29, 0.717) is 13.0 Å². The Balaban J connectivity index is 2.14. The van der Waals surface area contributed by atoms with E-state index >= 15 is 0 Å². The van der Waals surface area contributed by atoms with Crippen LogP contribution in [0.25, 0.3) is 0 Å². The molecule has 17 heavy (non-hydrogen) atoms. The average Bonchev–Trinajstić information content (AvgIpc) is 2.82. The van der Waals surface area contributed by atoms with Crippen LogP contribution in [0.4, 0.5) is 0 Å². The molecule has 0 aliphatic carbocycles. The van der Waals surface area contributed by atoms with Crippen LogP contribution in [0.1, 0.15) is 16.3 Å². The zero-order chi connectivity index (χ0) is 12.4. The first-order chi connectivity index (χ1) is 8.08. The van der Waals surface area contributed by atoms with Gasteiger partial charge in [-0.1, -0.05) is 0 Å². The molecular weight excluding hydrogens is 286 g/mol. The Hall–Kier alpha value is -1.56. The molecule has 0 aliphatic heterocycles. The molecular formula is C11H12BrN3O2. The van der Waals surface area contributed by atoms with E-state index in [9.17, 15) is 4.79 Å². The lowest BCUT2D eigenvalue weighted by atomic mass is 10.3. The maximum atomic E-state index is 11.0. The van der Waals surface area contributed by atoms with Crippen molar-refractivity contribution in [1.82, 2.24) is 14.1 Å². The summed E-state index contributed by atoms with van der Waals surface area (Å²) in [7, 11) is 1.92. The van der Waals surface area contributed by atoms with Crippen LogP contribution >= 0.6 is 15.9 Å². The number of carboxylic acid groups (broad SMARTS) is 1. The van der Waals surface area contributed by atoms with Gasteiger partial charge in [0, 0.05) is 43.1 Å². The van der Waals surface area contributed by atoms with E-state index < -0.39 is 5.97 Å². The van der Waals surface area contributed by atoms with Gasteiger partial charge in [0.15, 0.2) is 0 Å². The van der Waals surface area contributed by atoms with Gasteiger partial charge in [-0.15, -0.1) is 0 Å². The maximum Gasteiger partial charge on any atom is 0.352 e. The minimum Gasteiger partial charge on any atom is -0.477 e. The number of halogens is 1. The van der Waals surface area contributed by atoms with Crippen LogP contribution in [0.3, 0.4) is 0 Å². The second-order valence-corrected chi connectivity index (χ2v) is 4.66. The van der Waals surface area contributed by atoms with Gasteiger partial charge in [0.2, 0.25) is 0 Å². The minimum absolute atomic E-state index is 0.283. The molecule has 0 spiro atoms. The van der Waals surface area contributed by atoms with E-state index in [-0.39, 0.29) is 5.69 Å². The fraction of sp³-hybridized carbons (Fsp3) is 0.273. The van der Waals surface area contributed by atoms with E-state index in [1.807, 2.05) is 17.8 Å². The minimum atomic E-state index is -0.921. The number of carboxylic acids is 1. The summed E-state index contributed by atoms with van der Waals surface area (Å²) < 4.78 is 4.41. The molecule has 1 N–H and O–H groups in total. The van der Waals surface area contributed by atoms with Crippen molar-refractivity contribution in [3.63, 3.8) is 0 Å². The molecule has 0 aromatic carbocycles. The molecule has 0 bridgehead atoms. The Morgan fingerprint density at radius 2 is 2.35 bits per heavy atom. The molecule has 2 aromatic heterocycles. The smallest absolute Gasteiger partial charge is 0.352 e. The Labute approximate surface area is 107 Å². The topological polar surface area (TPSA) is 60.0 Å². The summed E-state index contributed by atoms with van der Waals surface area (Å²) in [6.07, 6.45) is 6.08. The van der Waals surface area contributed by atoms with Crippen molar-refractivity contribution in [2.75, 3.05) is 0 Å². The molecule has 0 fully saturated rings.